The van der Waals surface area contributed by atoms with Crippen molar-refractivity contribution in [2.75, 3.05) is 5.32 Å². The molecule has 4 rings (SSSR count). The molecule has 39 heavy (non-hydrogen) atoms. The molecule has 1 atom stereocenters. The highest BCUT2D eigenvalue weighted by atomic mass is 35.5. The predicted octanol–water partition coefficient (Wildman–Crippen LogP) is 7.96. The molecule has 1 unspecified atom stereocenters. The number of nitrogens with zero attached hydrogens (tertiary/aromatic N) is 3. The third-order valence-corrected chi connectivity index (χ3v) is 7.30. The summed E-state index contributed by atoms with van der Waals surface area (Å²) in [6.45, 7) is 14.5. The zero-order valence-corrected chi connectivity index (χ0v) is 24.9. The molecule has 0 bridgehead atoms. The maximum atomic E-state index is 13.4. The number of halogens is 1. The van der Waals surface area contributed by atoms with E-state index in [0.29, 0.717) is 28.6 Å². The van der Waals surface area contributed by atoms with Crippen LogP contribution in [0.1, 0.15) is 82.2 Å². The standard InChI is InChI=1S/C31H40ClN5O2/c1-8-9-10-11-12-25(39-24-16-13-19(2)17-21(24)4)30(38)33-22-14-15-23(20(3)18-22)28-34-29-26(32)27(31(5,6)7)35-37(29)36-28/h13-18,25,35H,8-12H2,1-7H3,(H,33,38). The molecule has 0 saturated heterocycles. The summed E-state index contributed by atoms with van der Waals surface area (Å²) in [5.41, 5.74) is 6.08. The van der Waals surface area contributed by atoms with Gasteiger partial charge in [0, 0.05) is 16.7 Å². The number of ether oxygens (including phenoxy) is 1. The van der Waals surface area contributed by atoms with E-state index >= 15 is 0 Å². The second-order valence-electron chi connectivity index (χ2n) is 11.5. The van der Waals surface area contributed by atoms with Crippen molar-refractivity contribution in [2.24, 2.45) is 0 Å². The normalized spacial score (nSPS) is 12.6. The summed E-state index contributed by atoms with van der Waals surface area (Å²) in [4.78, 5) is 18.1. The van der Waals surface area contributed by atoms with Crippen LogP contribution < -0.4 is 10.1 Å². The number of aromatic amines is 1. The van der Waals surface area contributed by atoms with Gasteiger partial charge in [0.25, 0.3) is 5.91 Å². The Morgan fingerprint density at radius 1 is 1.08 bits per heavy atom. The third-order valence-electron chi connectivity index (χ3n) is 6.94. The van der Waals surface area contributed by atoms with Crippen molar-refractivity contribution < 1.29 is 9.53 Å². The van der Waals surface area contributed by atoms with Gasteiger partial charge in [0.05, 0.1) is 5.69 Å². The number of hydrogen-bond acceptors (Lipinski definition) is 4. The largest absolute Gasteiger partial charge is 0.480 e. The Hall–Kier alpha value is -3.32. The van der Waals surface area contributed by atoms with Gasteiger partial charge in [-0.15, -0.1) is 5.10 Å². The van der Waals surface area contributed by atoms with Gasteiger partial charge >= 0.3 is 0 Å². The summed E-state index contributed by atoms with van der Waals surface area (Å²) in [6.07, 6.45) is 4.41. The fraction of sp³-hybridized carbons (Fsp3) is 0.452. The molecule has 0 aliphatic rings. The van der Waals surface area contributed by atoms with E-state index in [4.69, 9.17) is 16.3 Å². The minimum Gasteiger partial charge on any atom is -0.480 e. The molecule has 4 aromatic rings. The second kappa shape index (κ2) is 11.8. The Morgan fingerprint density at radius 3 is 2.49 bits per heavy atom. The molecule has 0 radical (unpaired) electrons. The van der Waals surface area contributed by atoms with Gasteiger partial charge in [-0.2, -0.15) is 4.63 Å². The van der Waals surface area contributed by atoms with E-state index in [1.807, 2.05) is 44.2 Å². The van der Waals surface area contributed by atoms with E-state index in [1.165, 1.54) is 5.56 Å². The minimum atomic E-state index is -0.571. The molecular weight excluding hydrogens is 510 g/mol. The number of carbonyl (C=O) groups is 1. The fourth-order valence-corrected chi connectivity index (χ4v) is 5.16. The lowest BCUT2D eigenvalue weighted by atomic mass is 9.92. The number of hydrogen-bond donors (Lipinski definition) is 2. The first-order chi connectivity index (χ1) is 18.5. The van der Waals surface area contributed by atoms with Crippen LogP contribution in [-0.2, 0) is 10.2 Å². The molecule has 7 nitrogen and oxygen atoms in total. The van der Waals surface area contributed by atoms with E-state index < -0.39 is 6.10 Å². The van der Waals surface area contributed by atoms with Crippen molar-refractivity contribution in [2.45, 2.75) is 92.1 Å². The monoisotopic (exact) mass is 549 g/mol. The van der Waals surface area contributed by atoms with Crippen molar-refractivity contribution in [1.82, 2.24) is 19.8 Å². The van der Waals surface area contributed by atoms with Crippen molar-refractivity contribution >= 4 is 28.8 Å². The van der Waals surface area contributed by atoms with Crippen molar-refractivity contribution in [3.8, 4) is 17.1 Å². The Bertz CT molecular complexity index is 1460. The van der Waals surface area contributed by atoms with Gasteiger partial charge in [0.1, 0.15) is 10.8 Å². The van der Waals surface area contributed by atoms with Crippen LogP contribution >= 0.6 is 11.6 Å². The zero-order chi connectivity index (χ0) is 28.3. The number of benzene rings is 2. The highest BCUT2D eigenvalue weighted by molar-refractivity contribution is 6.34. The van der Waals surface area contributed by atoms with Crippen LogP contribution in [0.2, 0.25) is 5.02 Å². The number of anilines is 1. The fourth-order valence-electron chi connectivity index (χ4n) is 4.71. The van der Waals surface area contributed by atoms with E-state index in [9.17, 15) is 4.79 Å². The van der Waals surface area contributed by atoms with Gasteiger partial charge < -0.3 is 10.1 Å². The highest BCUT2D eigenvalue weighted by Crippen LogP contribution is 2.32. The van der Waals surface area contributed by atoms with E-state index in [-0.39, 0.29) is 11.3 Å². The first kappa shape index (κ1) is 28.7. The van der Waals surface area contributed by atoms with Crippen LogP contribution in [0.4, 0.5) is 5.69 Å². The molecule has 0 saturated carbocycles. The molecule has 0 aliphatic heterocycles. The number of unbranched alkanes of at least 4 members (excludes halogenated alkanes) is 3. The summed E-state index contributed by atoms with van der Waals surface area (Å²) < 4.78 is 7.88. The van der Waals surface area contributed by atoms with Gasteiger partial charge in [0.2, 0.25) is 0 Å². The lowest BCUT2D eigenvalue weighted by molar-refractivity contribution is -0.123. The summed E-state index contributed by atoms with van der Waals surface area (Å²) >= 11 is 6.61. The van der Waals surface area contributed by atoms with Crippen molar-refractivity contribution in [1.29, 1.82) is 0 Å². The molecule has 1 amide bonds. The number of aromatic nitrogens is 4. The first-order valence-electron chi connectivity index (χ1n) is 13.8. The Balaban J connectivity index is 1.52. The molecular formula is C31H40ClN5O2. The summed E-state index contributed by atoms with van der Waals surface area (Å²) in [6, 6.07) is 11.8. The average Bonchev–Trinajstić information content (AvgIpc) is 3.41. The maximum Gasteiger partial charge on any atom is 0.265 e. The predicted molar refractivity (Wildman–Crippen MR) is 159 cm³/mol. The molecule has 2 N–H and O–H groups in total. The Kier molecular flexibility index (Phi) is 8.70. The van der Waals surface area contributed by atoms with Gasteiger partial charge in [-0.25, -0.2) is 4.98 Å². The highest BCUT2D eigenvalue weighted by Gasteiger charge is 2.25. The van der Waals surface area contributed by atoms with Crippen molar-refractivity contribution in [3.63, 3.8) is 0 Å². The number of carbonyl (C=O) groups excluding carboxylic acids is 1. The van der Waals surface area contributed by atoms with Gasteiger partial charge in [-0.1, -0.05) is 76.3 Å². The summed E-state index contributed by atoms with van der Waals surface area (Å²) in [7, 11) is 0. The van der Waals surface area contributed by atoms with Crippen LogP contribution in [0, 0.1) is 20.8 Å². The number of rotatable bonds is 10. The average molecular weight is 550 g/mol. The smallest absolute Gasteiger partial charge is 0.265 e. The van der Waals surface area contributed by atoms with Gasteiger partial charge in [-0.05, 0) is 69.0 Å². The van der Waals surface area contributed by atoms with E-state index in [2.05, 4.69) is 61.2 Å². The lowest BCUT2D eigenvalue weighted by Crippen LogP contribution is -2.33. The molecule has 0 fully saturated rings. The molecule has 0 spiro atoms. The van der Waals surface area contributed by atoms with Crippen LogP contribution in [-0.4, -0.2) is 31.8 Å². The summed E-state index contributed by atoms with van der Waals surface area (Å²) in [5.74, 6) is 1.18. The van der Waals surface area contributed by atoms with Crippen molar-refractivity contribution in [3.05, 3.63) is 63.8 Å². The number of aryl methyl sites for hydroxylation is 3. The molecule has 2 aromatic carbocycles. The second-order valence-corrected chi connectivity index (χ2v) is 11.8. The van der Waals surface area contributed by atoms with E-state index in [0.717, 1.165) is 53.8 Å². The Labute approximate surface area is 236 Å². The zero-order valence-electron chi connectivity index (χ0n) is 24.1. The quantitative estimate of drug-likeness (QED) is 0.196. The Morgan fingerprint density at radius 2 is 1.85 bits per heavy atom. The van der Waals surface area contributed by atoms with Gasteiger partial charge in [-0.3, -0.25) is 9.89 Å². The number of H-pyrrole nitrogens is 1. The lowest BCUT2D eigenvalue weighted by Gasteiger charge is -2.20. The number of nitrogens with one attached hydrogen (secondary N) is 2. The molecule has 2 heterocycles. The minimum absolute atomic E-state index is 0.145. The third kappa shape index (κ3) is 6.64. The maximum absolute atomic E-state index is 13.4. The number of fused-ring (bicyclic) bond motifs is 1. The summed E-state index contributed by atoms with van der Waals surface area (Å²) in [5, 5.41) is 11.5. The van der Waals surface area contributed by atoms with Crippen LogP contribution in [0.15, 0.2) is 36.4 Å². The molecule has 8 heteroatoms. The number of amides is 1. The molecule has 208 valence electrons. The molecule has 0 aliphatic carbocycles. The SMILES string of the molecule is CCCCCCC(Oc1ccc(C)cc1C)C(=O)Nc1ccc(-c2nc3c(Cl)c(C(C)(C)C)[nH]n3n2)c(C)c1. The van der Waals surface area contributed by atoms with Crippen LogP contribution in [0.25, 0.3) is 17.0 Å². The topological polar surface area (TPSA) is 84.3 Å². The van der Waals surface area contributed by atoms with Crippen LogP contribution in [0.3, 0.4) is 0 Å². The van der Waals surface area contributed by atoms with Crippen LogP contribution in [0.5, 0.6) is 5.75 Å². The first-order valence-corrected chi connectivity index (χ1v) is 14.2. The van der Waals surface area contributed by atoms with E-state index in [1.54, 1.807) is 4.63 Å². The van der Waals surface area contributed by atoms with Gasteiger partial charge in [0.15, 0.2) is 17.6 Å². The molecule has 2 aromatic heterocycles.